The molecule has 1 saturated heterocycles. The second-order valence-corrected chi connectivity index (χ2v) is 6.29. The summed E-state index contributed by atoms with van der Waals surface area (Å²) in [5.74, 6) is 1.89. The Hall–Kier alpha value is -1.63. The highest BCUT2D eigenvalue weighted by atomic mass is 32.1. The van der Waals surface area contributed by atoms with Gasteiger partial charge in [-0.3, -0.25) is 0 Å². The minimum Gasteiger partial charge on any atom is -0.481 e. The van der Waals surface area contributed by atoms with Crippen LogP contribution >= 0.6 is 12.2 Å². The number of nitrogens with zero attached hydrogens (tertiary/aromatic N) is 3. The fourth-order valence-corrected chi connectivity index (χ4v) is 2.89. The smallest absolute Gasteiger partial charge is 0.234 e. The summed E-state index contributed by atoms with van der Waals surface area (Å²) in [4.78, 5) is 11.2. The molecule has 0 saturated carbocycles. The number of thiocarbonyl (C=S) groups is 1. The molecule has 1 aromatic heterocycles. The van der Waals surface area contributed by atoms with Crippen LogP contribution in [-0.4, -0.2) is 40.8 Å². The predicted molar refractivity (Wildman–Crippen MR) is 93.7 cm³/mol. The van der Waals surface area contributed by atoms with Crippen LogP contribution in [0.4, 0.5) is 11.8 Å². The molecule has 0 spiro atoms. The first-order chi connectivity index (χ1) is 10.5. The Bertz CT molecular complexity index is 523. The number of hydrogen-bond donors (Lipinski definition) is 2. The maximum Gasteiger partial charge on any atom is 0.234 e. The van der Waals surface area contributed by atoms with Crippen LogP contribution in [0.5, 0.6) is 5.88 Å². The quantitative estimate of drug-likeness (QED) is 0.826. The Morgan fingerprint density at radius 2 is 2.18 bits per heavy atom. The molecule has 0 aromatic carbocycles. The molecular formula is C15H25N5OS. The maximum atomic E-state index is 5.30. The molecule has 1 aliphatic heterocycles. The minimum atomic E-state index is 0.257. The zero-order valence-electron chi connectivity index (χ0n) is 13.7. The molecule has 0 aliphatic carbocycles. The van der Waals surface area contributed by atoms with Gasteiger partial charge in [0, 0.05) is 24.7 Å². The summed E-state index contributed by atoms with van der Waals surface area (Å²) >= 11 is 5.26. The van der Waals surface area contributed by atoms with Crippen molar-refractivity contribution in [1.29, 1.82) is 0 Å². The summed E-state index contributed by atoms with van der Waals surface area (Å²) in [5, 5.41) is 6.67. The van der Waals surface area contributed by atoms with Gasteiger partial charge in [-0.1, -0.05) is 0 Å². The molecule has 1 fully saturated rings. The standard InChI is InChI=1S/C15H25N5OS/c1-10(2)16-15(22)19-14-17-12(9-13(18-14)21-4)20-8-6-5-7-11(20)3/h9-11H,5-8H2,1-4H3,(H2,16,17,18,19,22)/t11-/m1/s1. The van der Waals surface area contributed by atoms with Crippen molar-refractivity contribution >= 4 is 29.1 Å². The molecule has 2 rings (SSSR count). The lowest BCUT2D eigenvalue weighted by molar-refractivity contribution is 0.396. The maximum absolute atomic E-state index is 5.30. The van der Waals surface area contributed by atoms with Gasteiger partial charge in [-0.25, -0.2) is 0 Å². The summed E-state index contributed by atoms with van der Waals surface area (Å²) in [5.41, 5.74) is 0. The van der Waals surface area contributed by atoms with Crippen molar-refractivity contribution in [3.63, 3.8) is 0 Å². The van der Waals surface area contributed by atoms with E-state index in [-0.39, 0.29) is 6.04 Å². The number of piperidine rings is 1. The van der Waals surface area contributed by atoms with Crippen molar-refractivity contribution in [1.82, 2.24) is 15.3 Å². The lowest BCUT2D eigenvalue weighted by atomic mass is 10.0. The van der Waals surface area contributed by atoms with Gasteiger partial charge in [0.05, 0.1) is 7.11 Å². The van der Waals surface area contributed by atoms with Gasteiger partial charge in [0.1, 0.15) is 5.82 Å². The monoisotopic (exact) mass is 323 g/mol. The molecule has 1 aliphatic rings. The van der Waals surface area contributed by atoms with Crippen LogP contribution in [0.15, 0.2) is 6.07 Å². The highest BCUT2D eigenvalue weighted by Crippen LogP contribution is 2.26. The lowest BCUT2D eigenvalue weighted by Gasteiger charge is -2.34. The molecule has 122 valence electrons. The first-order valence-electron chi connectivity index (χ1n) is 7.77. The van der Waals surface area contributed by atoms with Crippen molar-refractivity contribution < 1.29 is 4.74 Å². The zero-order valence-corrected chi connectivity index (χ0v) is 14.5. The molecule has 6 nitrogen and oxygen atoms in total. The number of nitrogens with one attached hydrogen (secondary N) is 2. The second-order valence-electron chi connectivity index (χ2n) is 5.88. The number of hydrogen-bond acceptors (Lipinski definition) is 5. The fourth-order valence-electron chi connectivity index (χ4n) is 2.56. The highest BCUT2D eigenvalue weighted by Gasteiger charge is 2.21. The van der Waals surface area contributed by atoms with E-state index in [1.807, 2.05) is 19.9 Å². The van der Waals surface area contributed by atoms with Gasteiger partial charge >= 0.3 is 0 Å². The molecule has 0 radical (unpaired) electrons. The average molecular weight is 323 g/mol. The summed E-state index contributed by atoms with van der Waals surface area (Å²) in [6.45, 7) is 7.30. The molecule has 0 bridgehead atoms. The first-order valence-corrected chi connectivity index (χ1v) is 8.17. The van der Waals surface area contributed by atoms with Crippen LogP contribution < -0.4 is 20.3 Å². The van der Waals surface area contributed by atoms with Crippen LogP contribution in [0, 0.1) is 0 Å². The topological polar surface area (TPSA) is 62.3 Å². The highest BCUT2D eigenvalue weighted by molar-refractivity contribution is 7.80. The van der Waals surface area contributed by atoms with E-state index in [0.29, 0.717) is 23.0 Å². The van der Waals surface area contributed by atoms with Crippen LogP contribution in [-0.2, 0) is 0 Å². The van der Waals surface area contributed by atoms with Gasteiger partial charge in [-0.05, 0) is 52.3 Å². The first kappa shape index (κ1) is 16.7. The van der Waals surface area contributed by atoms with E-state index < -0.39 is 0 Å². The molecule has 7 heteroatoms. The molecule has 2 heterocycles. The third-order valence-corrected chi connectivity index (χ3v) is 3.86. The summed E-state index contributed by atoms with van der Waals surface area (Å²) in [6, 6.07) is 2.61. The molecule has 1 atom stereocenters. The van der Waals surface area contributed by atoms with E-state index in [0.717, 1.165) is 12.4 Å². The SMILES string of the molecule is COc1cc(N2CCCC[C@H]2C)nc(NC(=S)NC(C)C)n1. The molecule has 2 N–H and O–H groups in total. The van der Waals surface area contributed by atoms with Crippen LogP contribution in [0.2, 0.25) is 0 Å². The number of methoxy groups -OCH3 is 1. The van der Waals surface area contributed by atoms with E-state index >= 15 is 0 Å². The van der Waals surface area contributed by atoms with Crippen molar-refractivity contribution in [3.8, 4) is 5.88 Å². The fraction of sp³-hybridized carbons (Fsp3) is 0.667. The van der Waals surface area contributed by atoms with Gasteiger partial charge < -0.3 is 20.3 Å². The number of ether oxygens (including phenoxy) is 1. The largest absolute Gasteiger partial charge is 0.481 e. The number of aromatic nitrogens is 2. The van der Waals surface area contributed by atoms with Crippen molar-refractivity contribution in [2.75, 3.05) is 23.9 Å². The summed E-state index contributed by atoms with van der Waals surface area (Å²) in [7, 11) is 1.61. The van der Waals surface area contributed by atoms with Gasteiger partial charge in [-0.2, -0.15) is 9.97 Å². The van der Waals surface area contributed by atoms with Crippen molar-refractivity contribution in [2.24, 2.45) is 0 Å². The molecule has 0 unspecified atom stereocenters. The third-order valence-electron chi connectivity index (χ3n) is 3.64. The molecule has 0 amide bonds. The normalized spacial score (nSPS) is 18.2. The predicted octanol–water partition coefficient (Wildman–Crippen LogP) is 2.56. The average Bonchev–Trinajstić information content (AvgIpc) is 2.46. The summed E-state index contributed by atoms with van der Waals surface area (Å²) in [6.07, 6.45) is 3.64. The zero-order chi connectivity index (χ0) is 16.1. The molecular weight excluding hydrogens is 298 g/mol. The van der Waals surface area contributed by atoms with E-state index in [1.54, 1.807) is 7.11 Å². The van der Waals surface area contributed by atoms with Crippen LogP contribution in [0.3, 0.4) is 0 Å². The van der Waals surface area contributed by atoms with Gasteiger partial charge in [-0.15, -0.1) is 0 Å². The van der Waals surface area contributed by atoms with Crippen LogP contribution in [0.25, 0.3) is 0 Å². The second kappa shape index (κ2) is 7.58. The third kappa shape index (κ3) is 4.43. The summed E-state index contributed by atoms with van der Waals surface area (Å²) < 4.78 is 5.30. The van der Waals surface area contributed by atoms with E-state index in [2.05, 4.69) is 32.4 Å². The van der Waals surface area contributed by atoms with Gasteiger partial charge in [0.15, 0.2) is 5.11 Å². The van der Waals surface area contributed by atoms with Gasteiger partial charge in [0.2, 0.25) is 11.8 Å². The number of rotatable bonds is 4. The minimum absolute atomic E-state index is 0.257. The number of anilines is 2. The van der Waals surface area contributed by atoms with Crippen LogP contribution in [0.1, 0.15) is 40.0 Å². The lowest BCUT2D eigenvalue weighted by Crippen LogP contribution is -2.38. The Kier molecular flexibility index (Phi) is 5.76. The van der Waals surface area contributed by atoms with Gasteiger partial charge in [0.25, 0.3) is 0 Å². The Labute approximate surface area is 137 Å². The van der Waals surface area contributed by atoms with Crippen molar-refractivity contribution in [3.05, 3.63) is 6.07 Å². The Balaban J connectivity index is 2.20. The van der Waals surface area contributed by atoms with E-state index in [9.17, 15) is 0 Å². The Morgan fingerprint density at radius 1 is 1.41 bits per heavy atom. The van der Waals surface area contributed by atoms with Crippen molar-refractivity contribution in [2.45, 2.75) is 52.1 Å². The van der Waals surface area contributed by atoms with E-state index in [1.165, 1.54) is 19.3 Å². The van der Waals surface area contributed by atoms with E-state index in [4.69, 9.17) is 17.0 Å². The Morgan fingerprint density at radius 3 is 2.82 bits per heavy atom. The molecule has 1 aromatic rings. The molecule has 22 heavy (non-hydrogen) atoms.